The van der Waals surface area contributed by atoms with E-state index in [1.807, 2.05) is 0 Å². The normalized spacial score (nSPS) is 18.5. The predicted octanol–water partition coefficient (Wildman–Crippen LogP) is 6.04. The SMILES string of the molecule is CCCC1CCC(COc2ccc(C(=O)Oc3cc(F)c(C#N)c(F)c3)cc2)CC1. The summed E-state index contributed by atoms with van der Waals surface area (Å²) in [5.41, 5.74) is -0.484. The molecule has 0 N–H and O–H groups in total. The molecule has 0 unspecified atom stereocenters. The number of nitriles is 1. The lowest BCUT2D eigenvalue weighted by molar-refractivity contribution is 0.0734. The van der Waals surface area contributed by atoms with Crippen molar-refractivity contribution in [3.05, 3.63) is 59.2 Å². The second kappa shape index (κ2) is 10.2. The smallest absolute Gasteiger partial charge is 0.343 e. The van der Waals surface area contributed by atoms with Gasteiger partial charge in [0.1, 0.15) is 34.8 Å². The zero-order valence-corrected chi connectivity index (χ0v) is 17.0. The van der Waals surface area contributed by atoms with Gasteiger partial charge in [-0.15, -0.1) is 0 Å². The molecule has 30 heavy (non-hydrogen) atoms. The van der Waals surface area contributed by atoms with Crippen LogP contribution in [0.25, 0.3) is 0 Å². The second-order valence-electron chi connectivity index (χ2n) is 7.77. The van der Waals surface area contributed by atoms with Crippen LogP contribution in [0.3, 0.4) is 0 Å². The van der Waals surface area contributed by atoms with Gasteiger partial charge in [0.15, 0.2) is 0 Å². The summed E-state index contributed by atoms with van der Waals surface area (Å²) in [5.74, 6) is -1.12. The maximum absolute atomic E-state index is 13.6. The zero-order valence-electron chi connectivity index (χ0n) is 17.0. The molecule has 0 heterocycles. The molecule has 158 valence electrons. The van der Waals surface area contributed by atoms with Gasteiger partial charge in [0, 0.05) is 12.1 Å². The van der Waals surface area contributed by atoms with E-state index in [1.54, 1.807) is 24.3 Å². The molecule has 0 aromatic heterocycles. The average Bonchev–Trinajstić information content (AvgIpc) is 2.73. The Bertz CT molecular complexity index is 890. The number of hydrogen-bond donors (Lipinski definition) is 0. The number of esters is 1. The highest BCUT2D eigenvalue weighted by molar-refractivity contribution is 5.91. The van der Waals surface area contributed by atoms with Crippen LogP contribution >= 0.6 is 0 Å². The molecule has 1 saturated carbocycles. The van der Waals surface area contributed by atoms with Gasteiger partial charge in [0.25, 0.3) is 0 Å². The molecule has 0 saturated heterocycles. The molecule has 2 aromatic rings. The van der Waals surface area contributed by atoms with Crippen LogP contribution in [0.1, 0.15) is 61.4 Å². The molecule has 1 fully saturated rings. The van der Waals surface area contributed by atoms with Crippen LogP contribution in [0.5, 0.6) is 11.5 Å². The van der Waals surface area contributed by atoms with Crippen molar-refractivity contribution in [1.29, 1.82) is 5.26 Å². The lowest BCUT2D eigenvalue weighted by Crippen LogP contribution is -2.20. The molecule has 0 spiro atoms. The third-order valence-corrected chi connectivity index (χ3v) is 5.58. The highest BCUT2D eigenvalue weighted by Crippen LogP contribution is 2.32. The molecular formula is C24H25F2NO3. The Kier molecular flexibility index (Phi) is 7.40. The van der Waals surface area contributed by atoms with E-state index in [1.165, 1.54) is 44.6 Å². The lowest BCUT2D eigenvalue weighted by Gasteiger charge is -2.28. The van der Waals surface area contributed by atoms with Gasteiger partial charge < -0.3 is 9.47 Å². The fourth-order valence-corrected chi connectivity index (χ4v) is 3.88. The van der Waals surface area contributed by atoms with Crippen LogP contribution in [0.2, 0.25) is 0 Å². The van der Waals surface area contributed by atoms with E-state index in [9.17, 15) is 13.6 Å². The summed E-state index contributed by atoms with van der Waals surface area (Å²) in [6, 6.07) is 9.50. The average molecular weight is 413 g/mol. The Morgan fingerprint density at radius 2 is 1.63 bits per heavy atom. The highest BCUT2D eigenvalue weighted by Gasteiger charge is 2.21. The van der Waals surface area contributed by atoms with Crippen molar-refractivity contribution in [3.8, 4) is 17.6 Å². The van der Waals surface area contributed by atoms with Gasteiger partial charge in [-0.2, -0.15) is 5.26 Å². The van der Waals surface area contributed by atoms with Crippen molar-refractivity contribution in [2.75, 3.05) is 6.61 Å². The number of ether oxygens (including phenoxy) is 2. The minimum atomic E-state index is -1.08. The van der Waals surface area contributed by atoms with Crippen molar-refractivity contribution in [2.24, 2.45) is 11.8 Å². The Balaban J connectivity index is 1.52. The van der Waals surface area contributed by atoms with Crippen LogP contribution in [-0.2, 0) is 0 Å². The zero-order chi connectivity index (χ0) is 21.5. The van der Waals surface area contributed by atoms with E-state index in [-0.39, 0.29) is 11.3 Å². The topological polar surface area (TPSA) is 59.3 Å². The van der Waals surface area contributed by atoms with Crippen LogP contribution in [0.4, 0.5) is 8.78 Å². The minimum absolute atomic E-state index is 0.229. The highest BCUT2D eigenvalue weighted by atomic mass is 19.1. The monoisotopic (exact) mass is 413 g/mol. The van der Waals surface area contributed by atoms with Crippen LogP contribution < -0.4 is 9.47 Å². The minimum Gasteiger partial charge on any atom is -0.493 e. The number of hydrogen-bond acceptors (Lipinski definition) is 4. The summed E-state index contributed by atoms with van der Waals surface area (Å²) in [5, 5.41) is 8.69. The number of carbonyl (C=O) groups excluding carboxylic acids is 1. The lowest BCUT2D eigenvalue weighted by atomic mass is 9.80. The van der Waals surface area contributed by atoms with E-state index in [0.717, 1.165) is 18.1 Å². The van der Waals surface area contributed by atoms with Crippen molar-refractivity contribution in [3.63, 3.8) is 0 Å². The van der Waals surface area contributed by atoms with Crippen LogP contribution in [-0.4, -0.2) is 12.6 Å². The largest absolute Gasteiger partial charge is 0.493 e. The number of benzene rings is 2. The van der Waals surface area contributed by atoms with E-state index in [0.29, 0.717) is 18.3 Å². The summed E-state index contributed by atoms with van der Waals surface area (Å²) in [4.78, 5) is 12.2. The van der Waals surface area contributed by atoms with Gasteiger partial charge in [0.2, 0.25) is 0 Å². The summed E-state index contributed by atoms with van der Waals surface area (Å²) < 4.78 is 38.2. The molecule has 2 aromatic carbocycles. The van der Waals surface area contributed by atoms with E-state index in [2.05, 4.69) is 6.92 Å². The molecule has 3 rings (SSSR count). The molecule has 0 radical (unpaired) electrons. The first-order valence-corrected chi connectivity index (χ1v) is 10.3. The van der Waals surface area contributed by atoms with Crippen molar-refractivity contribution in [1.82, 2.24) is 0 Å². The third kappa shape index (κ3) is 5.56. The molecule has 0 amide bonds. The summed E-state index contributed by atoms with van der Waals surface area (Å²) in [6.07, 6.45) is 7.47. The van der Waals surface area contributed by atoms with Crippen LogP contribution in [0, 0.1) is 34.8 Å². The predicted molar refractivity (Wildman–Crippen MR) is 108 cm³/mol. The Labute approximate surface area is 175 Å². The maximum Gasteiger partial charge on any atom is 0.343 e. The third-order valence-electron chi connectivity index (χ3n) is 5.58. The van der Waals surface area contributed by atoms with Gasteiger partial charge in [0.05, 0.1) is 12.2 Å². The van der Waals surface area contributed by atoms with Gasteiger partial charge in [-0.1, -0.05) is 32.6 Å². The summed E-state index contributed by atoms with van der Waals surface area (Å²) >= 11 is 0. The van der Waals surface area contributed by atoms with E-state index in [4.69, 9.17) is 14.7 Å². The molecule has 4 nitrogen and oxygen atoms in total. The second-order valence-corrected chi connectivity index (χ2v) is 7.77. The fourth-order valence-electron chi connectivity index (χ4n) is 3.88. The molecule has 1 aliphatic carbocycles. The first kappa shape index (κ1) is 21.8. The van der Waals surface area contributed by atoms with Crippen molar-refractivity contribution < 1.29 is 23.0 Å². The molecular weight excluding hydrogens is 388 g/mol. The first-order chi connectivity index (χ1) is 14.5. The number of carbonyl (C=O) groups is 1. The van der Waals surface area contributed by atoms with Gasteiger partial charge >= 0.3 is 5.97 Å². The van der Waals surface area contributed by atoms with Gasteiger partial charge in [-0.05, 0) is 48.9 Å². The summed E-state index contributed by atoms with van der Waals surface area (Å²) in [7, 11) is 0. The standard InChI is InChI=1S/C24H25F2NO3/c1-2-3-16-4-6-17(7-5-16)15-29-19-10-8-18(9-11-19)24(28)30-20-12-22(25)21(14-27)23(26)13-20/h8-13,16-17H,2-7,15H2,1H3. The molecule has 1 aliphatic rings. The molecule has 0 bridgehead atoms. The van der Waals surface area contributed by atoms with Crippen molar-refractivity contribution in [2.45, 2.75) is 45.4 Å². The Morgan fingerprint density at radius 1 is 1.03 bits per heavy atom. The maximum atomic E-state index is 13.6. The van der Waals surface area contributed by atoms with Gasteiger partial charge in [-0.25, -0.2) is 13.6 Å². The number of halogens is 2. The Hall–Kier alpha value is -2.94. The Morgan fingerprint density at radius 3 is 2.20 bits per heavy atom. The molecule has 0 aliphatic heterocycles. The number of nitrogens with zero attached hydrogens (tertiary/aromatic N) is 1. The molecule has 6 heteroatoms. The van der Waals surface area contributed by atoms with Gasteiger partial charge in [-0.3, -0.25) is 0 Å². The van der Waals surface area contributed by atoms with Crippen molar-refractivity contribution >= 4 is 5.97 Å². The first-order valence-electron chi connectivity index (χ1n) is 10.3. The number of rotatable bonds is 7. The molecule has 0 atom stereocenters. The summed E-state index contributed by atoms with van der Waals surface area (Å²) in [6.45, 7) is 2.89. The van der Waals surface area contributed by atoms with E-state index >= 15 is 0 Å². The fraction of sp³-hybridized carbons (Fsp3) is 0.417. The quantitative estimate of drug-likeness (QED) is 0.410. The van der Waals surface area contributed by atoms with Crippen LogP contribution in [0.15, 0.2) is 36.4 Å². The van der Waals surface area contributed by atoms with E-state index < -0.39 is 23.2 Å².